The van der Waals surface area contributed by atoms with Crippen molar-refractivity contribution >= 4 is 32.0 Å². The summed E-state index contributed by atoms with van der Waals surface area (Å²) in [7, 11) is -8.53. The molecule has 2 aliphatic rings. The van der Waals surface area contributed by atoms with Gasteiger partial charge in [-0.25, -0.2) is 16.8 Å². The number of carbonyl (C=O) groups is 2. The molecule has 0 bridgehead atoms. The third kappa shape index (κ3) is 14.2. The highest BCUT2D eigenvalue weighted by atomic mass is 32.2. The second-order valence-corrected chi connectivity index (χ2v) is 22.1. The van der Waals surface area contributed by atoms with E-state index in [1.807, 2.05) is 24.3 Å². The molecule has 354 valence electrons. The molecule has 3 aromatic rings. The molecular formula is C52H76N2O8S2. The lowest BCUT2D eigenvalue weighted by atomic mass is 9.98. The van der Waals surface area contributed by atoms with Crippen molar-refractivity contribution < 1.29 is 36.6 Å². The molecule has 2 fully saturated rings. The molecule has 4 atom stereocenters. The molecule has 3 aromatic carbocycles. The zero-order valence-corrected chi connectivity index (χ0v) is 40.3. The summed E-state index contributed by atoms with van der Waals surface area (Å²) in [6, 6.07) is 16.3. The molecule has 2 saturated heterocycles. The molecule has 10 nitrogen and oxygen atoms in total. The van der Waals surface area contributed by atoms with Gasteiger partial charge >= 0.3 is 11.9 Å². The van der Waals surface area contributed by atoms with Crippen LogP contribution in [0.15, 0.2) is 82.6 Å². The Morgan fingerprint density at radius 2 is 0.781 bits per heavy atom. The van der Waals surface area contributed by atoms with Gasteiger partial charge in [0.05, 0.1) is 21.9 Å². The van der Waals surface area contributed by atoms with Crippen molar-refractivity contribution in [2.24, 2.45) is 0 Å². The summed E-state index contributed by atoms with van der Waals surface area (Å²) < 4.78 is 59.7. The van der Waals surface area contributed by atoms with Crippen molar-refractivity contribution in [1.82, 2.24) is 8.61 Å². The van der Waals surface area contributed by atoms with Gasteiger partial charge in [-0.3, -0.25) is 9.59 Å². The molecule has 0 amide bonds. The summed E-state index contributed by atoms with van der Waals surface area (Å²) in [5.74, 6) is -2.46. The molecule has 0 saturated carbocycles. The number of aliphatic carboxylic acids is 2. The van der Waals surface area contributed by atoms with Gasteiger partial charge in [0.1, 0.15) is 12.1 Å². The number of nitrogens with zero attached hydrogens (tertiary/aromatic N) is 2. The minimum Gasteiger partial charge on any atom is -0.480 e. The Morgan fingerprint density at radius 3 is 1.09 bits per heavy atom. The molecule has 2 aliphatic heterocycles. The van der Waals surface area contributed by atoms with Gasteiger partial charge in [0.2, 0.25) is 20.0 Å². The molecule has 12 heteroatoms. The quantitative estimate of drug-likeness (QED) is 0.0628. The van der Waals surface area contributed by atoms with E-state index in [1.54, 1.807) is 48.5 Å². The van der Waals surface area contributed by atoms with Crippen LogP contribution in [0.2, 0.25) is 0 Å². The molecule has 0 aromatic heterocycles. The molecule has 0 spiro atoms. The molecule has 2 heterocycles. The highest BCUT2D eigenvalue weighted by Gasteiger charge is 2.48. The normalized spacial score (nSPS) is 19.7. The first-order valence-corrected chi connectivity index (χ1v) is 27.6. The Bertz CT molecular complexity index is 1960. The van der Waals surface area contributed by atoms with Crippen molar-refractivity contribution in [3.63, 3.8) is 0 Å². The van der Waals surface area contributed by atoms with Gasteiger partial charge in [-0.15, -0.1) is 0 Å². The summed E-state index contributed by atoms with van der Waals surface area (Å²) in [6.07, 6.45) is 27.1. The second-order valence-electron chi connectivity index (χ2n) is 18.4. The van der Waals surface area contributed by atoms with E-state index in [-0.39, 0.29) is 35.5 Å². The van der Waals surface area contributed by atoms with Crippen molar-refractivity contribution in [2.75, 3.05) is 0 Å². The Balaban J connectivity index is 1.24. The number of unbranched alkanes of at least 4 members (excludes halogenated alkanes) is 18. The molecule has 0 aliphatic carbocycles. The van der Waals surface area contributed by atoms with Crippen LogP contribution < -0.4 is 0 Å². The van der Waals surface area contributed by atoms with Crippen molar-refractivity contribution in [3.8, 4) is 0 Å². The first kappa shape index (κ1) is 51.4. The largest absolute Gasteiger partial charge is 0.480 e. The molecule has 64 heavy (non-hydrogen) atoms. The Hall–Kier alpha value is -3.58. The van der Waals surface area contributed by atoms with Crippen LogP contribution in [0.5, 0.6) is 0 Å². The highest BCUT2D eigenvalue weighted by Crippen LogP contribution is 2.44. The summed E-state index contributed by atoms with van der Waals surface area (Å²) in [6.45, 7) is 4.46. The van der Waals surface area contributed by atoms with E-state index in [0.717, 1.165) is 58.3 Å². The van der Waals surface area contributed by atoms with Crippen molar-refractivity contribution in [2.45, 2.75) is 215 Å². The third-order valence-electron chi connectivity index (χ3n) is 13.5. The van der Waals surface area contributed by atoms with Crippen LogP contribution in [0.4, 0.5) is 0 Å². The van der Waals surface area contributed by atoms with Crippen molar-refractivity contribution in [3.05, 3.63) is 95.1 Å². The van der Waals surface area contributed by atoms with Crippen LogP contribution in [-0.4, -0.2) is 59.7 Å². The van der Waals surface area contributed by atoms with Crippen LogP contribution >= 0.6 is 0 Å². The lowest BCUT2D eigenvalue weighted by molar-refractivity contribution is -0.141. The lowest BCUT2D eigenvalue weighted by Gasteiger charge is -2.30. The number of rotatable bonds is 30. The fraction of sp³-hybridized carbons (Fsp3) is 0.615. The number of benzene rings is 3. The smallest absolute Gasteiger partial charge is 0.322 e. The van der Waals surface area contributed by atoms with Gasteiger partial charge in [-0.2, -0.15) is 8.61 Å². The average Bonchev–Trinajstić information content (AvgIpc) is 3.96. The SMILES string of the molecule is CCCCCCCCCCCCc1ccc(S(=O)(=O)N2[C@@H](C(=O)O)CC[C@H]2c2cccc([C@@H]3CC[C@H](C(=O)O)N3S(=O)(=O)c3ccc(CCCCCCCCCCCC)cc3)c2)cc1. The Labute approximate surface area is 385 Å². The average molecular weight is 921 g/mol. The number of carboxylic acids is 2. The maximum Gasteiger partial charge on any atom is 0.322 e. The molecule has 5 rings (SSSR count). The first-order chi connectivity index (χ1) is 30.9. The highest BCUT2D eigenvalue weighted by molar-refractivity contribution is 7.89. The van der Waals surface area contributed by atoms with E-state index in [2.05, 4.69) is 13.8 Å². The van der Waals surface area contributed by atoms with Gasteiger partial charge in [-0.05, 0) is 97.9 Å². The Morgan fingerprint density at radius 1 is 0.469 bits per heavy atom. The van der Waals surface area contributed by atoms with E-state index in [4.69, 9.17) is 0 Å². The fourth-order valence-corrected chi connectivity index (χ4v) is 13.5. The maximum absolute atomic E-state index is 14.4. The summed E-state index contributed by atoms with van der Waals surface area (Å²) in [5, 5.41) is 20.5. The number of carboxylic acid groups (broad SMARTS) is 2. The van der Waals surface area contributed by atoms with Gasteiger partial charge in [0.15, 0.2) is 0 Å². The lowest BCUT2D eigenvalue weighted by Crippen LogP contribution is -2.42. The van der Waals surface area contributed by atoms with E-state index < -0.39 is 56.2 Å². The zero-order chi connectivity index (χ0) is 46.0. The number of aryl methyl sites for hydroxylation is 2. The van der Waals surface area contributed by atoms with E-state index in [1.165, 1.54) is 103 Å². The van der Waals surface area contributed by atoms with Crippen molar-refractivity contribution in [1.29, 1.82) is 0 Å². The van der Waals surface area contributed by atoms with E-state index in [9.17, 15) is 36.6 Å². The van der Waals surface area contributed by atoms with Gasteiger partial charge in [-0.1, -0.05) is 178 Å². The maximum atomic E-state index is 14.4. The predicted octanol–water partition coefficient (Wildman–Crippen LogP) is 12.6. The number of sulfonamides is 2. The minimum atomic E-state index is -4.26. The number of hydrogen-bond acceptors (Lipinski definition) is 6. The summed E-state index contributed by atoms with van der Waals surface area (Å²) >= 11 is 0. The predicted molar refractivity (Wildman–Crippen MR) is 255 cm³/mol. The van der Waals surface area contributed by atoms with Crippen LogP contribution in [0.1, 0.15) is 202 Å². The molecule has 2 N–H and O–H groups in total. The molecule has 0 radical (unpaired) electrons. The zero-order valence-electron chi connectivity index (χ0n) is 38.7. The first-order valence-electron chi connectivity index (χ1n) is 24.7. The van der Waals surface area contributed by atoms with Crippen LogP contribution in [0.25, 0.3) is 0 Å². The molecular weight excluding hydrogens is 845 g/mol. The van der Waals surface area contributed by atoms with Gasteiger partial charge in [0.25, 0.3) is 0 Å². The second kappa shape index (κ2) is 25.9. The van der Waals surface area contributed by atoms with Crippen LogP contribution in [0, 0.1) is 0 Å². The standard InChI is InChI=1S/C52H76N2O8S2/c1-3-5-7-9-11-13-15-17-19-21-24-41-28-32-45(33-29-41)63(59,60)53-47(36-38-49(53)51(55)56)43-26-23-27-44(40-43)48-37-39-50(52(57)58)54(48)64(61,62)46-34-30-42(31-35-46)25-22-20-18-16-14-12-10-8-6-4-2/h23,26-35,40,47-50H,3-22,24-25,36-39H2,1-2H3,(H,55,56)(H,57,58)/t47-,48-,49+,50+/m0/s1. The molecule has 0 unspecified atom stereocenters. The monoisotopic (exact) mass is 921 g/mol. The number of hydrogen-bond donors (Lipinski definition) is 2. The third-order valence-corrected chi connectivity index (χ3v) is 17.4. The van der Waals surface area contributed by atoms with Crippen LogP contribution in [-0.2, 0) is 42.5 Å². The topological polar surface area (TPSA) is 149 Å². The summed E-state index contributed by atoms with van der Waals surface area (Å²) in [5.41, 5.74) is 3.15. The summed E-state index contributed by atoms with van der Waals surface area (Å²) in [4.78, 5) is 25.2. The Kier molecular flexibility index (Phi) is 20.8. The van der Waals surface area contributed by atoms with Crippen LogP contribution in [0.3, 0.4) is 0 Å². The van der Waals surface area contributed by atoms with E-state index >= 15 is 0 Å². The fourth-order valence-electron chi connectivity index (χ4n) is 9.84. The van der Waals surface area contributed by atoms with E-state index in [0.29, 0.717) is 11.1 Å². The minimum absolute atomic E-state index is 0.0282. The van der Waals surface area contributed by atoms with Gasteiger partial charge < -0.3 is 10.2 Å². The van der Waals surface area contributed by atoms with Gasteiger partial charge in [0, 0.05) is 0 Å².